The number of alkyl halides is 3. The lowest BCUT2D eigenvalue weighted by atomic mass is 9.86. The standard InChI is InChI=1S/C15H16F3NO3/c1-9-11(3-2-4-12(9)20)19-14(15(16,17)18)7-5-10(6-8-14)13(21)22/h5-8,10,19H,2-4H2,1H3,(H,21,22). The fourth-order valence-electron chi connectivity index (χ4n) is 2.51. The molecule has 0 saturated carbocycles. The number of carboxylic acid groups (broad SMARTS) is 1. The summed E-state index contributed by atoms with van der Waals surface area (Å²) < 4.78 is 40.5. The number of aliphatic carboxylic acids is 1. The first-order chi connectivity index (χ1) is 10.2. The number of carbonyl (C=O) groups excluding carboxylic acids is 1. The van der Waals surface area contributed by atoms with E-state index in [4.69, 9.17) is 5.11 Å². The number of ketones is 1. The summed E-state index contributed by atoms with van der Waals surface area (Å²) in [6.45, 7) is 1.50. The zero-order valence-electron chi connectivity index (χ0n) is 11.9. The van der Waals surface area contributed by atoms with Gasteiger partial charge in [-0.3, -0.25) is 9.59 Å². The van der Waals surface area contributed by atoms with Crippen molar-refractivity contribution in [2.75, 3.05) is 0 Å². The molecule has 0 aromatic heterocycles. The van der Waals surface area contributed by atoms with Gasteiger partial charge in [-0.25, -0.2) is 0 Å². The lowest BCUT2D eigenvalue weighted by Gasteiger charge is -2.36. The third-order valence-electron chi connectivity index (χ3n) is 3.95. The molecule has 2 aliphatic carbocycles. The molecular formula is C15H16F3NO3. The number of hydrogen-bond acceptors (Lipinski definition) is 3. The zero-order valence-corrected chi connectivity index (χ0v) is 11.9. The molecular weight excluding hydrogens is 299 g/mol. The van der Waals surface area contributed by atoms with Gasteiger partial charge in [-0.2, -0.15) is 13.2 Å². The predicted octanol–water partition coefficient (Wildman–Crippen LogP) is 2.73. The molecule has 120 valence electrons. The fourth-order valence-corrected chi connectivity index (χ4v) is 2.51. The van der Waals surface area contributed by atoms with Crippen molar-refractivity contribution in [1.82, 2.24) is 5.32 Å². The van der Waals surface area contributed by atoms with Gasteiger partial charge in [0, 0.05) is 17.7 Å². The average Bonchev–Trinajstić information content (AvgIpc) is 2.43. The van der Waals surface area contributed by atoms with E-state index in [-0.39, 0.29) is 11.5 Å². The molecule has 0 aromatic carbocycles. The van der Waals surface area contributed by atoms with Crippen LogP contribution in [0.3, 0.4) is 0 Å². The summed E-state index contributed by atoms with van der Waals surface area (Å²) in [5, 5.41) is 11.3. The van der Waals surface area contributed by atoms with Crippen LogP contribution in [0, 0.1) is 5.92 Å². The second kappa shape index (κ2) is 5.62. The van der Waals surface area contributed by atoms with E-state index in [1.807, 2.05) is 0 Å². The van der Waals surface area contributed by atoms with Crippen LogP contribution in [0.25, 0.3) is 0 Å². The number of Topliss-reactive ketones (excluding diaryl/α,β-unsaturated/α-hetero) is 1. The first-order valence-corrected chi connectivity index (χ1v) is 6.86. The van der Waals surface area contributed by atoms with Gasteiger partial charge in [0.1, 0.15) is 0 Å². The largest absolute Gasteiger partial charge is 0.481 e. The van der Waals surface area contributed by atoms with Crippen molar-refractivity contribution in [1.29, 1.82) is 0 Å². The Bertz CT molecular complexity index is 573. The van der Waals surface area contributed by atoms with Gasteiger partial charge < -0.3 is 10.4 Å². The maximum absolute atomic E-state index is 13.5. The van der Waals surface area contributed by atoms with Crippen LogP contribution >= 0.6 is 0 Å². The Balaban J connectivity index is 2.36. The van der Waals surface area contributed by atoms with Gasteiger partial charge in [0.15, 0.2) is 11.3 Å². The van der Waals surface area contributed by atoms with Crippen LogP contribution < -0.4 is 5.32 Å². The van der Waals surface area contributed by atoms with E-state index < -0.39 is 23.6 Å². The van der Waals surface area contributed by atoms with E-state index in [2.05, 4.69) is 5.32 Å². The average molecular weight is 315 g/mol. The predicted molar refractivity (Wildman–Crippen MR) is 72.9 cm³/mol. The molecule has 0 radical (unpaired) electrons. The molecule has 0 saturated heterocycles. The van der Waals surface area contributed by atoms with E-state index in [0.29, 0.717) is 24.8 Å². The summed E-state index contributed by atoms with van der Waals surface area (Å²) in [6, 6.07) is 0. The smallest absolute Gasteiger partial charge is 0.418 e. The molecule has 0 fully saturated rings. The van der Waals surface area contributed by atoms with Crippen molar-refractivity contribution >= 4 is 11.8 Å². The highest BCUT2D eigenvalue weighted by molar-refractivity contribution is 5.96. The summed E-state index contributed by atoms with van der Waals surface area (Å²) in [7, 11) is 0. The molecule has 0 spiro atoms. The third kappa shape index (κ3) is 2.93. The highest BCUT2D eigenvalue weighted by Crippen LogP contribution is 2.38. The van der Waals surface area contributed by atoms with Gasteiger partial charge in [0.05, 0.1) is 5.92 Å². The lowest BCUT2D eigenvalue weighted by molar-refractivity contribution is -0.166. The minimum absolute atomic E-state index is 0.168. The molecule has 4 nitrogen and oxygen atoms in total. The van der Waals surface area contributed by atoms with Crippen LogP contribution in [0.5, 0.6) is 0 Å². The van der Waals surface area contributed by atoms with Crippen LogP contribution in [0.15, 0.2) is 35.6 Å². The summed E-state index contributed by atoms with van der Waals surface area (Å²) in [5.41, 5.74) is -1.92. The van der Waals surface area contributed by atoms with Crippen molar-refractivity contribution in [3.8, 4) is 0 Å². The number of carboxylic acids is 1. The second-order valence-electron chi connectivity index (χ2n) is 5.45. The summed E-state index contributed by atoms with van der Waals surface area (Å²) >= 11 is 0. The quantitative estimate of drug-likeness (QED) is 0.786. The zero-order chi connectivity index (χ0) is 16.5. The maximum Gasteiger partial charge on any atom is 0.418 e. The molecule has 0 aromatic rings. The number of carbonyl (C=O) groups is 2. The van der Waals surface area contributed by atoms with E-state index in [1.54, 1.807) is 0 Å². The van der Waals surface area contributed by atoms with Gasteiger partial charge >= 0.3 is 12.1 Å². The minimum atomic E-state index is -4.66. The van der Waals surface area contributed by atoms with E-state index in [9.17, 15) is 22.8 Å². The summed E-state index contributed by atoms with van der Waals surface area (Å²) in [5.74, 6) is -2.47. The molecule has 0 heterocycles. The van der Waals surface area contributed by atoms with Gasteiger partial charge in [-0.15, -0.1) is 0 Å². The summed E-state index contributed by atoms with van der Waals surface area (Å²) in [4.78, 5) is 22.5. The van der Waals surface area contributed by atoms with Crippen LogP contribution in [0.2, 0.25) is 0 Å². The lowest BCUT2D eigenvalue weighted by Crippen LogP contribution is -2.55. The first-order valence-electron chi connectivity index (χ1n) is 6.86. The van der Waals surface area contributed by atoms with Gasteiger partial charge in [0.2, 0.25) is 0 Å². The van der Waals surface area contributed by atoms with Crippen molar-refractivity contribution in [3.05, 3.63) is 35.6 Å². The first kappa shape index (κ1) is 16.3. The van der Waals surface area contributed by atoms with Gasteiger partial charge in [-0.1, -0.05) is 12.2 Å². The molecule has 2 rings (SSSR count). The Hall–Kier alpha value is -2.05. The second-order valence-corrected chi connectivity index (χ2v) is 5.45. The van der Waals surface area contributed by atoms with Crippen LogP contribution in [0.1, 0.15) is 26.2 Å². The highest BCUT2D eigenvalue weighted by Gasteiger charge is 2.53. The fraction of sp³-hybridized carbons (Fsp3) is 0.467. The molecule has 0 unspecified atom stereocenters. The maximum atomic E-state index is 13.5. The van der Waals surface area contributed by atoms with Crippen LogP contribution in [-0.2, 0) is 9.59 Å². The normalized spacial score (nSPS) is 28.9. The molecule has 0 bridgehead atoms. The molecule has 0 amide bonds. The third-order valence-corrected chi connectivity index (χ3v) is 3.95. The van der Waals surface area contributed by atoms with Crippen molar-refractivity contribution in [2.24, 2.45) is 5.92 Å². The monoisotopic (exact) mass is 315 g/mol. The Morgan fingerprint density at radius 1 is 1.32 bits per heavy atom. The number of halogens is 3. The summed E-state index contributed by atoms with van der Waals surface area (Å²) in [6.07, 6.45) is 0.167. The molecule has 22 heavy (non-hydrogen) atoms. The number of allylic oxidation sites excluding steroid dienone is 2. The molecule has 2 N–H and O–H groups in total. The topological polar surface area (TPSA) is 66.4 Å². The number of nitrogens with one attached hydrogen (secondary N) is 1. The van der Waals surface area contributed by atoms with Gasteiger partial charge in [-0.05, 0) is 31.9 Å². The minimum Gasteiger partial charge on any atom is -0.481 e. The highest BCUT2D eigenvalue weighted by atomic mass is 19.4. The molecule has 2 aliphatic rings. The Kier molecular flexibility index (Phi) is 4.17. The van der Waals surface area contributed by atoms with Crippen LogP contribution in [-0.4, -0.2) is 28.6 Å². The Morgan fingerprint density at radius 3 is 2.41 bits per heavy atom. The van der Waals surface area contributed by atoms with E-state index >= 15 is 0 Å². The number of hydrogen-bond donors (Lipinski definition) is 2. The van der Waals surface area contributed by atoms with Gasteiger partial charge in [0.25, 0.3) is 0 Å². The van der Waals surface area contributed by atoms with E-state index in [0.717, 1.165) is 24.3 Å². The molecule has 7 heteroatoms. The molecule has 0 aliphatic heterocycles. The van der Waals surface area contributed by atoms with E-state index in [1.165, 1.54) is 6.92 Å². The Labute approximate surface area is 125 Å². The SMILES string of the molecule is CC1=C(NC2(C(F)(F)F)C=CC(C(=O)O)C=C2)CCCC1=O. The van der Waals surface area contributed by atoms with Crippen molar-refractivity contribution < 1.29 is 27.9 Å². The van der Waals surface area contributed by atoms with Crippen molar-refractivity contribution in [2.45, 2.75) is 37.9 Å². The Morgan fingerprint density at radius 2 is 1.91 bits per heavy atom. The van der Waals surface area contributed by atoms with Crippen LogP contribution in [0.4, 0.5) is 13.2 Å². The molecule has 0 atom stereocenters. The van der Waals surface area contributed by atoms with Crippen molar-refractivity contribution in [3.63, 3.8) is 0 Å². The number of rotatable bonds is 3.